The summed E-state index contributed by atoms with van der Waals surface area (Å²) < 4.78 is 14.0. The minimum Gasteiger partial charge on any atom is -0.444 e. The van der Waals surface area contributed by atoms with Crippen LogP contribution in [0.1, 0.15) is 64.7 Å². The summed E-state index contributed by atoms with van der Waals surface area (Å²) in [6.45, 7) is 18.4. The lowest BCUT2D eigenvalue weighted by Gasteiger charge is -2.45. The lowest BCUT2D eigenvalue weighted by molar-refractivity contribution is 0.00145. The summed E-state index contributed by atoms with van der Waals surface area (Å²) in [5.74, 6) is 0. The number of nitrogens with zero attached hydrogens (tertiary/aromatic N) is 3. The van der Waals surface area contributed by atoms with Crippen molar-refractivity contribution in [2.75, 3.05) is 19.7 Å². The van der Waals surface area contributed by atoms with E-state index in [4.69, 9.17) is 9.16 Å². The van der Waals surface area contributed by atoms with Crippen LogP contribution in [0.15, 0.2) is 12.4 Å². The molecule has 7 nitrogen and oxygen atoms in total. The molecule has 0 N–H and O–H groups in total. The Bertz CT molecular complexity index is 723. The Morgan fingerprint density at radius 3 is 2.24 bits per heavy atom. The molecule has 0 bridgehead atoms. The third-order valence-electron chi connectivity index (χ3n) is 6.08. The van der Waals surface area contributed by atoms with Crippen LogP contribution in [-0.4, -0.2) is 60.7 Å². The molecule has 8 heteroatoms. The van der Waals surface area contributed by atoms with Gasteiger partial charge in [-0.2, -0.15) is 5.10 Å². The van der Waals surface area contributed by atoms with Gasteiger partial charge in [-0.05, 0) is 51.7 Å². The van der Waals surface area contributed by atoms with Gasteiger partial charge in [0.1, 0.15) is 5.60 Å². The summed E-state index contributed by atoms with van der Waals surface area (Å²) in [4.78, 5) is 25.4. The molecule has 0 saturated carbocycles. The van der Waals surface area contributed by atoms with Crippen LogP contribution in [0.3, 0.4) is 0 Å². The van der Waals surface area contributed by atoms with Gasteiger partial charge < -0.3 is 14.1 Å². The third kappa shape index (κ3) is 5.69. The fourth-order valence-electron chi connectivity index (χ4n) is 3.06. The number of aldehydes is 1. The zero-order chi connectivity index (χ0) is 22.1. The first-order valence-corrected chi connectivity index (χ1v) is 13.2. The lowest BCUT2D eigenvalue weighted by Crippen LogP contribution is -2.53. The Morgan fingerprint density at radius 1 is 1.21 bits per heavy atom. The molecule has 0 aliphatic carbocycles. The summed E-state index contributed by atoms with van der Waals surface area (Å²) in [6.07, 6.45) is 5.28. The van der Waals surface area contributed by atoms with E-state index in [1.807, 2.05) is 25.5 Å². The van der Waals surface area contributed by atoms with Crippen molar-refractivity contribution in [3.8, 4) is 0 Å². The molecule has 1 saturated heterocycles. The first kappa shape index (κ1) is 23.6. The smallest absolute Gasteiger partial charge is 0.410 e. The highest BCUT2D eigenvalue weighted by Crippen LogP contribution is 2.39. The SMILES string of the molecule is CC(C)(C)OC(=O)N1CCC(CO[Si](C)(C)C(C)(C)C)(n2cc(C=O)cn2)CC1. The van der Waals surface area contributed by atoms with Gasteiger partial charge in [0.25, 0.3) is 0 Å². The second-order valence-electron chi connectivity index (χ2n) is 10.6. The molecule has 0 atom stereocenters. The molecule has 2 heterocycles. The van der Waals surface area contributed by atoms with E-state index in [0.717, 1.165) is 6.29 Å². The van der Waals surface area contributed by atoms with Gasteiger partial charge in [0, 0.05) is 19.3 Å². The second kappa shape index (κ2) is 8.22. The fraction of sp³-hybridized carbons (Fsp3) is 0.762. The Kier molecular flexibility index (Phi) is 6.69. The highest BCUT2D eigenvalue weighted by atomic mass is 28.4. The summed E-state index contributed by atoms with van der Waals surface area (Å²) >= 11 is 0. The van der Waals surface area contributed by atoms with Crippen LogP contribution in [0.25, 0.3) is 0 Å². The number of ether oxygens (including phenoxy) is 1. The molecule has 1 fully saturated rings. The van der Waals surface area contributed by atoms with Gasteiger partial charge in [0.15, 0.2) is 14.6 Å². The van der Waals surface area contributed by atoms with Gasteiger partial charge in [0.05, 0.1) is 23.9 Å². The molecule has 29 heavy (non-hydrogen) atoms. The molecule has 1 aromatic rings. The molecule has 0 aromatic carbocycles. The van der Waals surface area contributed by atoms with Crippen molar-refractivity contribution in [1.29, 1.82) is 0 Å². The first-order chi connectivity index (χ1) is 13.2. The van der Waals surface area contributed by atoms with E-state index in [1.54, 1.807) is 17.3 Å². The van der Waals surface area contributed by atoms with Crippen LogP contribution in [0.4, 0.5) is 4.79 Å². The third-order valence-corrected chi connectivity index (χ3v) is 10.6. The summed E-state index contributed by atoms with van der Waals surface area (Å²) in [7, 11) is -1.96. The van der Waals surface area contributed by atoms with E-state index in [9.17, 15) is 9.59 Å². The minimum absolute atomic E-state index is 0.101. The van der Waals surface area contributed by atoms with E-state index in [0.29, 0.717) is 38.1 Å². The highest BCUT2D eigenvalue weighted by molar-refractivity contribution is 6.74. The number of amides is 1. The van der Waals surface area contributed by atoms with E-state index < -0.39 is 13.9 Å². The molecule has 0 radical (unpaired) electrons. The Hall–Kier alpha value is -1.67. The van der Waals surface area contributed by atoms with Gasteiger partial charge in [0.2, 0.25) is 0 Å². The van der Waals surface area contributed by atoms with E-state index in [-0.39, 0.29) is 16.7 Å². The summed E-state index contributed by atoms with van der Waals surface area (Å²) in [5.41, 5.74) is -0.348. The molecule has 164 valence electrons. The molecular formula is C21H37N3O4Si. The molecular weight excluding hydrogens is 386 g/mol. The zero-order valence-electron chi connectivity index (χ0n) is 19.2. The molecule has 1 amide bonds. The largest absolute Gasteiger partial charge is 0.444 e. The van der Waals surface area contributed by atoms with Crippen LogP contribution in [-0.2, 0) is 14.7 Å². The number of carbonyl (C=O) groups excluding carboxylic acids is 2. The maximum absolute atomic E-state index is 12.5. The topological polar surface area (TPSA) is 73.7 Å². The van der Waals surface area contributed by atoms with Crippen molar-refractivity contribution >= 4 is 20.7 Å². The molecule has 2 rings (SSSR count). The number of rotatable bonds is 5. The molecule has 0 unspecified atom stereocenters. The van der Waals surface area contributed by atoms with Gasteiger partial charge >= 0.3 is 6.09 Å². The van der Waals surface area contributed by atoms with Crippen LogP contribution >= 0.6 is 0 Å². The maximum Gasteiger partial charge on any atom is 0.410 e. The van der Waals surface area contributed by atoms with Crippen molar-refractivity contribution in [2.45, 2.75) is 83.7 Å². The summed E-state index contributed by atoms with van der Waals surface area (Å²) in [6, 6.07) is 0. The summed E-state index contributed by atoms with van der Waals surface area (Å²) in [5, 5.41) is 4.56. The van der Waals surface area contributed by atoms with Crippen molar-refractivity contribution in [3.05, 3.63) is 18.0 Å². The van der Waals surface area contributed by atoms with Gasteiger partial charge in [-0.3, -0.25) is 9.48 Å². The van der Waals surface area contributed by atoms with E-state index in [2.05, 4.69) is 39.0 Å². The quantitative estimate of drug-likeness (QED) is 0.517. The Morgan fingerprint density at radius 2 is 1.79 bits per heavy atom. The number of likely N-dealkylation sites (tertiary alicyclic amines) is 1. The Labute approximate surface area is 175 Å². The van der Waals surface area contributed by atoms with Gasteiger partial charge in [-0.1, -0.05) is 20.8 Å². The fourth-order valence-corrected chi connectivity index (χ4v) is 4.12. The number of hydrogen-bond acceptors (Lipinski definition) is 5. The number of hydrogen-bond donors (Lipinski definition) is 0. The normalized spacial score (nSPS) is 17.9. The standard InChI is InChI=1S/C21H37N3O4Si/c1-19(2,3)28-18(26)23-11-9-21(10-12-23,24-14-17(15-25)13-22-24)16-27-29(7,8)20(4,5)6/h13-15H,9-12,16H2,1-8H3. The van der Waals surface area contributed by atoms with Crippen molar-refractivity contribution < 1.29 is 18.8 Å². The predicted molar refractivity (Wildman–Crippen MR) is 116 cm³/mol. The minimum atomic E-state index is -1.96. The maximum atomic E-state index is 12.5. The van der Waals surface area contributed by atoms with Gasteiger partial charge in [-0.25, -0.2) is 4.79 Å². The van der Waals surface area contributed by atoms with Crippen molar-refractivity contribution in [1.82, 2.24) is 14.7 Å². The molecule has 1 aliphatic heterocycles. The number of carbonyl (C=O) groups is 2. The molecule has 1 aromatic heterocycles. The number of aromatic nitrogens is 2. The second-order valence-corrected chi connectivity index (χ2v) is 15.4. The van der Waals surface area contributed by atoms with Crippen LogP contribution in [0, 0.1) is 0 Å². The monoisotopic (exact) mass is 423 g/mol. The average Bonchev–Trinajstić information content (AvgIpc) is 3.08. The average molecular weight is 424 g/mol. The van der Waals surface area contributed by atoms with Crippen LogP contribution in [0.2, 0.25) is 18.1 Å². The van der Waals surface area contributed by atoms with Crippen molar-refractivity contribution in [2.24, 2.45) is 0 Å². The Balaban J connectivity index is 2.20. The molecule has 0 spiro atoms. The highest BCUT2D eigenvalue weighted by Gasteiger charge is 2.44. The van der Waals surface area contributed by atoms with E-state index >= 15 is 0 Å². The van der Waals surface area contributed by atoms with Crippen molar-refractivity contribution in [3.63, 3.8) is 0 Å². The predicted octanol–water partition coefficient (Wildman–Crippen LogP) is 4.44. The van der Waals surface area contributed by atoms with Crippen LogP contribution < -0.4 is 0 Å². The first-order valence-electron chi connectivity index (χ1n) is 10.3. The molecule has 1 aliphatic rings. The van der Waals surface area contributed by atoms with Gasteiger partial charge in [-0.15, -0.1) is 0 Å². The lowest BCUT2D eigenvalue weighted by atomic mass is 9.88. The van der Waals surface area contributed by atoms with Crippen LogP contribution in [0.5, 0.6) is 0 Å². The van der Waals surface area contributed by atoms with E-state index in [1.165, 1.54) is 0 Å². The zero-order valence-corrected chi connectivity index (χ0v) is 20.2. The number of piperidine rings is 1.